The second kappa shape index (κ2) is 9.78. The zero-order valence-corrected chi connectivity index (χ0v) is 19.9. The molecule has 0 radical (unpaired) electrons. The molecule has 0 aromatic carbocycles. The van der Waals surface area contributed by atoms with Crippen LogP contribution in [-0.4, -0.2) is 84.4 Å². The predicted octanol–water partition coefficient (Wildman–Crippen LogP) is 2.58. The quantitative estimate of drug-likeness (QED) is 0.780. The summed E-state index contributed by atoms with van der Waals surface area (Å²) in [6.45, 7) is 21.4. The van der Waals surface area contributed by atoms with Crippen LogP contribution in [0, 0.1) is 10.8 Å². The van der Waals surface area contributed by atoms with E-state index in [4.69, 9.17) is 0 Å². The number of amides is 2. The van der Waals surface area contributed by atoms with Crippen LogP contribution < -0.4 is 5.32 Å². The van der Waals surface area contributed by atoms with Crippen molar-refractivity contribution in [3.8, 4) is 0 Å². The van der Waals surface area contributed by atoms with E-state index in [1.807, 2.05) is 23.6 Å². The standard InChI is InChI=1S/C12H22N2O.C9H16N2O.C2H6/c1-9(2)13-7-12(8-13)5-6-14(10(3)4)11(12)15;1-2-11-6-4-9(8(11)12)3-5-10-7-9;1-2/h9-10H,5-8H2,1-4H3;10H,2-7H2,1H3;1-2H3. The summed E-state index contributed by atoms with van der Waals surface area (Å²) < 4.78 is 0. The van der Waals surface area contributed by atoms with Gasteiger partial charge in [0.1, 0.15) is 0 Å². The van der Waals surface area contributed by atoms with Gasteiger partial charge in [-0.1, -0.05) is 13.8 Å². The lowest BCUT2D eigenvalue weighted by molar-refractivity contribution is -0.147. The first kappa shape index (κ1) is 24.1. The number of rotatable bonds is 3. The molecular weight excluding hydrogens is 364 g/mol. The van der Waals surface area contributed by atoms with Crippen molar-refractivity contribution in [1.82, 2.24) is 20.0 Å². The molecule has 1 atom stereocenters. The van der Waals surface area contributed by atoms with Crippen LogP contribution in [-0.2, 0) is 9.59 Å². The van der Waals surface area contributed by atoms with Crippen LogP contribution in [0.2, 0.25) is 0 Å². The first-order valence-electron chi connectivity index (χ1n) is 11.8. The monoisotopic (exact) mass is 408 g/mol. The first-order chi connectivity index (χ1) is 13.7. The van der Waals surface area contributed by atoms with E-state index in [1.165, 1.54) is 0 Å². The van der Waals surface area contributed by atoms with Crippen molar-refractivity contribution in [2.75, 3.05) is 45.8 Å². The van der Waals surface area contributed by atoms with Crippen molar-refractivity contribution in [2.24, 2.45) is 10.8 Å². The molecule has 0 aromatic rings. The van der Waals surface area contributed by atoms with Gasteiger partial charge in [0, 0.05) is 51.4 Å². The van der Waals surface area contributed by atoms with Crippen molar-refractivity contribution < 1.29 is 9.59 Å². The summed E-state index contributed by atoms with van der Waals surface area (Å²) in [5.41, 5.74) is -0.00937. The molecule has 6 heteroatoms. The first-order valence-corrected chi connectivity index (χ1v) is 11.8. The number of nitrogens with one attached hydrogen (secondary N) is 1. The molecule has 0 aliphatic carbocycles. The molecule has 4 saturated heterocycles. The van der Waals surface area contributed by atoms with E-state index in [0.717, 1.165) is 65.1 Å². The molecule has 2 amide bonds. The van der Waals surface area contributed by atoms with Gasteiger partial charge in [0.05, 0.1) is 10.8 Å². The highest BCUT2D eigenvalue weighted by Gasteiger charge is 2.55. The minimum absolute atomic E-state index is 0.00396. The van der Waals surface area contributed by atoms with Gasteiger partial charge in [-0.15, -0.1) is 0 Å². The maximum absolute atomic E-state index is 12.2. The second-order valence-corrected chi connectivity index (χ2v) is 9.46. The Labute approximate surface area is 178 Å². The van der Waals surface area contributed by atoms with E-state index in [-0.39, 0.29) is 10.8 Å². The van der Waals surface area contributed by atoms with Gasteiger partial charge in [-0.3, -0.25) is 14.5 Å². The van der Waals surface area contributed by atoms with Crippen LogP contribution in [0.4, 0.5) is 0 Å². The third kappa shape index (κ3) is 4.63. The van der Waals surface area contributed by atoms with Crippen molar-refractivity contribution in [3.05, 3.63) is 0 Å². The summed E-state index contributed by atoms with van der Waals surface area (Å²) in [5, 5.41) is 3.28. The highest BCUT2D eigenvalue weighted by Crippen LogP contribution is 2.42. The minimum atomic E-state index is -0.00542. The molecule has 29 heavy (non-hydrogen) atoms. The number of hydrogen-bond acceptors (Lipinski definition) is 4. The van der Waals surface area contributed by atoms with Crippen LogP contribution in [0.25, 0.3) is 0 Å². The molecule has 0 saturated carbocycles. The lowest BCUT2D eigenvalue weighted by Crippen LogP contribution is -2.62. The van der Waals surface area contributed by atoms with E-state index in [2.05, 4.69) is 44.8 Å². The van der Waals surface area contributed by atoms with E-state index < -0.39 is 0 Å². The van der Waals surface area contributed by atoms with Gasteiger partial charge in [-0.2, -0.15) is 0 Å². The summed E-state index contributed by atoms with van der Waals surface area (Å²) in [6.07, 6.45) is 3.17. The Hall–Kier alpha value is -1.14. The number of hydrogen-bond donors (Lipinski definition) is 1. The highest BCUT2D eigenvalue weighted by molar-refractivity contribution is 5.86. The smallest absolute Gasteiger partial charge is 0.231 e. The van der Waals surface area contributed by atoms with E-state index in [9.17, 15) is 9.59 Å². The Morgan fingerprint density at radius 2 is 1.52 bits per heavy atom. The minimum Gasteiger partial charge on any atom is -0.342 e. The van der Waals surface area contributed by atoms with E-state index in [1.54, 1.807) is 0 Å². The lowest BCUT2D eigenvalue weighted by Gasteiger charge is -2.48. The van der Waals surface area contributed by atoms with Crippen molar-refractivity contribution in [3.63, 3.8) is 0 Å². The van der Waals surface area contributed by atoms with Gasteiger partial charge >= 0.3 is 0 Å². The molecule has 1 unspecified atom stereocenters. The van der Waals surface area contributed by atoms with Crippen LogP contribution in [0.15, 0.2) is 0 Å². The topological polar surface area (TPSA) is 55.9 Å². The van der Waals surface area contributed by atoms with Crippen LogP contribution >= 0.6 is 0 Å². The van der Waals surface area contributed by atoms with Gasteiger partial charge < -0.3 is 15.1 Å². The molecule has 1 N–H and O–H groups in total. The van der Waals surface area contributed by atoms with Gasteiger partial charge in [0.15, 0.2) is 0 Å². The Kier molecular flexibility index (Phi) is 8.14. The predicted molar refractivity (Wildman–Crippen MR) is 119 cm³/mol. The zero-order valence-electron chi connectivity index (χ0n) is 19.9. The molecule has 4 aliphatic rings. The Morgan fingerprint density at radius 3 is 1.93 bits per heavy atom. The normalized spacial score (nSPS) is 28.2. The second-order valence-electron chi connectivity index (χ2n) is 9.46. The van der Waals surface area contributed by atoms with Crippen LogP contribution in [0.1, 0.15) is 67.7 Å². The average molecular weight is 409 g/mol. The largest absolute Gasteiger partial charge is 0.342 e. The fourth-order valence-electron chi connectivity index (χ4n) is 5.06. The fourth-order valence-corrected chi connectivity index (χ4v) is 5.06. The summed E-state index contributed by atoms with van der Waals surface area (Å²) in [6, 6.07) is 0.946. The van der Waals surface area contributed by atoms with E-state index >= 15 is 0 Å². The van der Waals surface area contributed by atoms with Gasteiger partial charge in [0.25, 0.3) is 0 Å². The molecule has 4 aliphatic heterocycles. The third-order valence-corrected chi connectivity index (χ3v) is 7.14. The number of carbonyl (C=O) groups excluding carboxylic acids is 2. The SMILES string of the molecule is CC.CC(C)N1CC2(CCN(C(C)C)C2=O)C1.CCN1CCC2(CCNC2)C1=O. The number of carbonyl (C=O) groups is 2. The molecule has 4 fully saturated rings. The molecule has 168 valence electrons. The Morgan fingerprint density at radius 1 is 0.897 bits per heavy atom. The average Bonchev–Trinajstić information content (AvgIpc) is 3.36. The summed E-state index contributed by atoms with van der Waals surface area (Å²) in [7, 11) is 0. The maximum Gasteiger partial charge on any atom is 0.231 e. The number of likely N-dealkylation sites (tertiary alicyclic amines) is 3. The zero-order chi connectivity index (χ0) is 21.8. The van der Waals surface area contributed by atoms with Crippen molar-refractivity contribution >= 4 is 11.8 Å². The Bertz CT molecular complexity index is 563. The summed E-state index contributed by atoms with van der Waals surface area (Å²) in [4.78, 5) is 30.5. The highest BCUT2D eigenvalue weighted by atomic mass is 16.2. The molecule has 4 heterocycles. The Balaban J connectivity index is 0.000000194. The third-order valence-electron chi connectivity index (χ3n) is 7.14. The summed E-state index contributed by atoms with van der Waals surface area (Å²) >= 11 is 0. The lowest BCUT2D eigenvalue weighted by atomic mass is 9.77. The molecule has 2 spiro atoms. The van der Waals surface area contributed by atoms with Gasteiger partial charge in [-0.05, 0) is 60.4 Å². The molecule has 4 rings (SSSR count). The maximum atomic E-state index is 12.2. The molecule has 0 bridgehead atoms. The van der Waals surface area contributed by atoms with Gasteiger partial charge in [0.2, 0.25) is 11.8 Å². The van der Waals surface area contributed by atoms with E-state index in [0.29, 0.717) is 23.9 Å². The van der Waals surface area contributed by atoms with Crippen molar-refractivity contribution in [2.45, 2.75) is 79.8 Å². The number of nitrogens with zero attached hydrogens (tertiary/aromatic N) is 3. The summed E-state index contributed by atoms with van der Waals surface area (Å²) in [5.74, 6) is 0.782. The molecular formula is C23H44N4O2. The van der Waals surface area contributed by atoms with Crippen LogP contribution in [0.5, 0.6) is 0 Å². The van der Waals surface area contributed by atoms with Crippen molar-refractivity contribution in [1.29, 1.82) is 0 Å². The van der Waals surface area contributed by atoms with Gasteiger partial charge in [-0.25, -0.2) is 0 Å². The van der Waals surface area contributed by atoms with Crippen LogP contribution in [0.3, 0.4) is 0 Å². The fraction of sp³-hybridized carbons (Fsp3) is 0.913. The molecule has 6 nitrogen and oxygen atoms in total. The molecule has 0 aromatic heterocycles.